The van der Waals surface area contributed by atoms with Crippen LogP contribution in [0.1, 0.15) is 38.0 Å². The zero-order chi connectivity index (χ0) is 35.3. The minimum Gasteiger partial charge on any atom is -0.403 e. The summed E-state index contributed by atoms with van der Waals surface area (Å²) < 4.78 is 59.4. The number of hydrogen-bond acceptors (Lipinski definition) is 10. The van der Waals surface area contributed by atoms with Crippen molar-refractivity contribution in [3.63, 3.8) is 0 Å². The van der Waals surface area contributed by atoms with Gasteiger partial charge in [0.1, 0.15) is 57.7 Å². The van der Waals surface area contributed by atoms with Crippen molar-refractivity contribution >= 4 is 30.3 Å². The van der Waals surface area contributed by atoms with Crippen LogP contribution < -0.4 is 10.4 Å². The molecule has 0 aliphatic carbocycles. The van der Waals surface area contributed by atoms with E-state index in [1.807, 2.05) is 30.3 Å². The van der Waals surface area contributed by atoms with E-state index in [4.69, 9.17) is 58.7 Å². The molecule has 3 aromatic carbocycles. The van der Waals surface area contributed by atoms with Crippen LogP contribution in [-0.2, 0) is 53.7 Å². The van der Waals surface area contributed by atoms with Gasteiger partial charge < -0.3 is 47.1 Å². The van der Waals surface area contributed by atoms with E-state index in [1.54, 1.807) is 28.4 Å². The molecule has 5 atom stereocenters. The van der Waals surface area contributed by atoms with Gasteiger partial charge in [0.15, 0.2) is 0 Å². The third-order valence-corrected chi connectivity index (χ3v) is 13.9. The van der Waals surface area contributed by atoms with E-state index in [9.17, 15) is 0 Å². The van der Waals surface area contributed by atoms with E-state index in [0.29, 0.717) is 5.02 Å². The molecule has 0 N–H and O–H groups in total. The molecule has 3 aromatic rings. The molecule has 270 valence electrons. The topological polar surface area (TPSA) is 92.3 Å². The summed E-state index contributed by atoms with van der Waals surface area (Å²) in [7, 11) is 3.39. The van der Waals surface area contributed by atoms with E-state index >= 15 is 0 Å². The van der Waals surface area contributed by atoms with Gasteiger partial charge in [-0.1, -0.05) is 99.1 Å². The summed E-state index contributed by atoms with van der Waals surface area (Å²) in [6.45, 7) is 7.28. The van der Waals surface area contributed by atoms with Gasteiger partial charge in [-0.15, -0.1) is 0 Å². The average Bonchev–Trinajstić information content (AvgIpc) is 3.10. The Balaban J connectivity index is 1.75. The quantitative estimate of drug-likeness (QED) is 0.0907. The van der Waals surface area contributed by atoms with Crippen LogP contribution in [0.4, 0.5) is 0 Å². The standard InChI is InChI=1S/C37H51ClO10Si/c1-37(2,3)49(29-14-10-8-11-15-29,30-16-12-9-13-17-30)47-21-28-20-27(18-19-31(28)38)33-35(45-25-41-6)36(46-26-42-7)34(44-24-40-5)32(48-33)22-43-23-39-4/h8-20,32-36H,21-26H2,1-7H3/t32?,33-,34+,35+,36-/m0/s1. The first-order valence-corrected chi connectivity index (χ1v) is 18.6. The summed E-state index contributed by atoms with van der Waals surface area (Å²) in [5, 5.41) is 2.75. The maximum Gasteiger partial charge on any atom is 0.261 e. The van der Waals surface area contributed by atoms with Crippen molar-refractivity contribution in [2.75, 3.05) is 62.2 Å². The van der Waals surface area contributed by atoms with E-state index in [-0.39, 0.29) is 45.4 Å². The maximum atomic E-state index is 7.24. The van der Waals surface area contributed by atoms with Gasteiger partial charge in [-0.25, -0.2) is 0 Å². The minimum atomic E-state index is -2.84. The smallest absolute Gasteiger partial charge is 0.261 e. The molecule has 1 fully saturated rings. The van der Waals surface area contributed by atoms with E-state index in [2.05, 4.69) is 69.3 Å². The highest BCUT2D eigenvalue weighted by molar-refractivity contribution is 6.99. The first-order valence-electron chi connectivity index (χ1n) is 16.3. The number of benzene rings is 3. The third kappa shape index (κ3) is 9.76. The highest BCUT2D eigenvalue weighted by Crippen LogP contribution is 2.40. The highest BCUT2D eigenvalue weighted by Gasteiger charge is 2.51. The average molecular weight is 719 g/mol. The molecule has 1 unspecified atom stereocenters. The normalized spacial score (nSPS) is 21.6. The Morgan fingerprint density at radius 1 is 0.673 bits per heavy atom. The van der Waals surface area contributed by atoms with Gasteiger partial charge in [-0.2, -0.15) is 0 Å². The number of hydrogen-bond donors (Lipinski definition) is 0. The van der Waals surface area contributed by atoms with Gasteiger partial charge in [-0.3, -0.25) is 0 Å². The summed E-state index contributed by atoms with van der Waals surface area (Å²) >= 11 is 6.92. The first kappa shape index (κ1) is 39.6. The van der Waals surface area contributed by atoms with Crippen LogP contribution >= 0.6 is 11.6 Å². The Bertz CT molecular complexity index is 1340. The number of methoxy groups -OCH3 is 4. The molecule has 1 aliphatic heterocycles. The molecule has 49 heavy (non-hydrogen) atoms. The Morgan fingerprint density at radius 2 is 1.20 bits per heavy atom. The van der Waals surface area contributed by atoms with Crippen molar-refractivity contribution in [1.29, 1.82) is 0 Å². The SMILES string of the molecule is COCOCC1O[C@@H](c2ccc(Cl)c(CO[Si](c3ccccc3)(c3ccccc3)C(C)(C)C)c2)[C@@H](OCOC)[C@@H](OCOC)[C@@H]1OCOC. The fraction of sp³-hybridized carbons (Fsp3) is 0.514. The predicted octanol–water partition coefficient (Wildman–Crippen LogP) is 5.44. The van der Waals surface area contributed by atoms with E-state index < -0.39 is 38.8 Å². The molecule has 0 spiro atoms. The summed E-state index contributed by atoms with van der Waals surface area (Å²) in [5.41, 5.74) is 1.64. The van der Waals surface area contributed by atoms with Crippen molar-refractivity contribution in [2.24, 2.45) is 0 Å². The van der Waals surface area contributed by atoms with Crippen molar-refractivity contribution in [3.8, 4) is 0 Å². The Kier molecular flexibility index (Phi) is 15.7. The van der Waals surface area contributed by atoms with Crippen LogP contribution in [0.25, 0.3) is 0 Å². The second-order valence-corrected chi connectivity index (χ2v) is 17.5. The highest BCUT2D eigenvalue weighted by atomic mass is 35.5. The molecule has 0 amide bonds. The lowest BCUT2D eigenvalue weighted by Crippen LogP contribution is -2.66. The Hall–Kier alpha value is -2.23. The van der Waals surface area contributed by atoms with Gasteiger partial charge in [0.2, 0.25) is 0 Å². The fourth-order valence-electron chi connectivity index (χ4n) is 6.41. The van der Waals surface area contributed by atoms with Crippen LogP contribution in [0.3, 0.4) is 0 Å². The number of halogens is 1. The third-order valence-electron chi connectivity index (χ3n) is 8.51. The zero-order valence-electron chi connectivity index (χ0n) is 29.6. The number of ether oxygens (including phenoxy) is 9. The van der Waals surface area contributed by atoms with Crippen molar-refractivity contribution in [3.05, 3.63) is 95.0 Å². The van der Waals surface area contributed by atoms with Crippen molar-refractivity contribution < 1.29 is 47.1 Å². The van der Waals surface area contributed by atoms with Crippen LogP contribution in [0, 0.1) is 0 Å². The molecule has 4 rings (SSSR count). The lowest BCUT2D eigenvalue weighted by Gasteiger charge is -2.46. The molecular weight excluding hydrogens is 668 g/mol. The minimum absolute atomic E-state index is 0.000906. The molecular formula is C37H51ClO10Si. The van der Waals surface area contributed by atoms with Gasteiger partial charge in [0.25, 0.3) is 8.32 Å². The van der Waals surface area contributed by atoms with Crippen molar-refractivity contribution in [2.45, 2.75) is 62.9 Å². The Morgan fingerprint density at radius 3 is 1.73 bits per heavy atom. The molecule has 0 bridgehead atoms. The van der Waals surface area contributed by atoms with Crippen molar-refractivity contribution in [1.82, 2.24) is 0 Å². The lowest BCUT2D eigenvalue weighted by atomic mass is 9.90. The van der Waals surface area contributed by atoms with Crippen LogP contribution in [0.15, 0.2) is 78.9 Å². The lowest BCUT2D eigenvalue weighted by molar-refractivity contribution is -0.299. The van der Waals surface area contributed by atoms with Crippen LogP contribution in [0.2, 0.25) is 10.1 Å². The van der Waals surface area contributed by atoms with E-state index in [1.165, 1.54) is 10.4 Å². The largest absolute Gasteiger partial charge is 0.403 e. The molecule has 12 heteroatoms. The molecule has 1 aliphatic rings. The van der Waals surface area contributed by atoms with Gasteiger partial charge >= 0.3 is 0 Å². The van der Waals surface area contributed by atoms with Crippen LogP contribution in [-0.4, -0.2) is 95.0 Å². The zero-order valence-corrected chi connectivity index (χ0v) is 31.4. The van der Waals surface area contributed by atoms with Gasteiger partial charge in [0.05, 0.1) is 13.2 Å². The maximum absolute atomic E-state index is 7.24. The molecule has 1 saturated heterocycles. The summed E-state index contributed by atoms with van der Waals surface area (Å²) in [5.74, 6) is 0. The monoisotopic (exact) mass is 718 g/mol. The Labute approximate surface area is 296 Å². The second-order valence-electron chi connectivity index (χ2n) is 12.8. The molecule has 0 aromatic heterocycles. The molecule has 0 radical (unpaired) electrons. The van der Waals surface area contributed by atoms with Crippen LogP contribution in [0.5, 0.6) is 0 Å². The predicted molar refractivity (Wildman–Crippen MR) is 190 cm³/mol. The van der Waals surface area contributed by atoms with E-state index in [0.717, 1.165) is 11.1 Å². The molecule has 0 saturated carbocycles. The summed E-state index contributed by atoms with van der Waals surface area (Å²) in [6, 6.07) is 26.8. The fourth-order valence-corrected chi connectivity index (χ4v) is 11.1. The second kappa shape index (κ2) is 19.4. The van der Waals surface area contributed by atoms with Gasteiger partial charge in [-0.05, 0) is 38.7 Å². The summed E-state index contributed by atoms with van der Waals surface area (Å²) in [6.07, 6.45) is -3.14. The molecule has 10 nitrogen and oxygen atoms in total. The first-order chi connectivity index (χ1) is 23.7. The van der Waals surface area contributed by atoms with Gasteiger partial charge in [0, 0.05) is 33.5 Å². The molecule has 1 heterocycles. The number of rotatable bonds is 19. The summed E-state index contributed by atoms with van der Waals surface area (Å²) in [4.78, 5) is 0.